The SMILES string of the molecule is CCOC(=O)CCN(Cc1ccccc1)c1nc(-c2ccc(Cl)c(Cl)c2)c(C=O)s1.CCOC(=O)CCN(Cc1ccccc1)c1nc(-c2ccc(Cl)c(Cl)c2)c(CN(C)C)s1.CCOC(=O)CCN(Cc1ccccc1)c1nc(-c2ccc(Cl)c(Cl)c2)c(CO)s1.CCOC(=O)CCN(Cc1ccccc1)c1nc(-c2ccc(Cl)c(Cl)c2)cs1.CCOC(=O)CCNCc1ccccc1.N#CSCC(=O)c1ccc(Cl)c(Cl)c1. The number of aliphatic hydroxyl groups excluding tert-OH is 1. The van der Waals surface area contributed by atoms with Gasteiger partial charge in [0.15, 0.2) is 32.6 Å². The minimum atomic E-state index is -0.271. The van der Waals surface area contributed by atoms with Crippen LogP contribution in [0, 0.1) is 10.7 Å². The van der Waals surface area contributed by atoms with Gasteiger partial charge in [-0.15, -0.1) is 11.3 Å². The summed E-state index contributed by atoms with van der Waals surface area (Å²) < 4.78 is 25.1. The number of benzene rings is 10. The van der Waals surface area contributed by atoms with Crippen LogP contribution in [0.25, 0.3) is 45.0 Å². The molecule has 24 nitrogen and oxygen atoms in total. The molecule has 0 unspecified atom stereocenters. The molecule has 0 fully saturated rings. The number of carbonyl (C=O) groups excluding carboxylic acids is 7. The molecule has 4 heterocycles. The number of aromatic nitrogens is 4. The van der Waals surface area contributed by atoms with E-state index >= 15 is 0 Å². The number of hydrogen-bond acceptors (Lipinski definition) is 29. The zero-order chi connectivity index (χ0) is 108. The summed E-state index contributed by atoms with van der Waals surface area (Å²) in [7, 11) is 4.06. The molecule has 0 amide bonds. The van der Waals surface area contributed by atoms with Crippen LogP contribution in [0.2, 0.25) is 50.2 Å². The van der Waals surface area contributed by atoms with Gasteiger partial charge in [0.05, 0.1) is 160 Å². The van der Waals surface area contributed by atoms with Gasteiger partial charge in [-0.2, -0.15) is 5.26 Å². The first kappa shape index (κ1) is 122. The fourth-order valence-corrected chi connectivity index (χ4v) is 19.7. The van der Waals surface area contributed by atoms with E-state index in [2.05, 4.69) is 56.4 Å². The van der Waals surface area contributed by atoms with E-state index in [0.29, 0.717) is 199 Å². The number of thiazole rings is 4. The standard InChI is InChI=1S/C24H27Cl2N3O2S.C22H22Cl2N2O3S.C22H20Cl2N2O3S.C21H20Cl2N2O2S.C12H17NO2.C9H5Cl2NOS/c1-4-31-22(30)12-13-29(15-17-8-6-5-7-9-17)24-27-23(21(32-24)16-28(2)3)18-10-11-19(25)20(26)14-18;2*1-2-29-20(28)10-11-26(13-15-6-4-3-5-7-15)22-25-21(19(14-27)30-22)16-8-9-17(23)18(24)12-16;1-2-27-20(26)10-11-25(13-15-6-4-3-5-7-15)21-24-19(14-28-21)16-8-9-17(22)18(23)12-16;1-2-15-12(14)8-9-13-10-11-6-4-3-5-7-11;10-7-2-1-6(3-8(7)11)9(13)4-14-5-12/h5-11,14H,4,12-13,15-16H2,1-3H3;3-9,12,27H,2,10-11,13-14H2,1H3;3-9,12,14H,2,10-11,13H2,1H3;3-9,12,14H,2,10-11,13H2,1H3;3-7,13H,2,8-10H2,1H3;1-3H,4H2. The summed E-state index contributed by atoms with van der Waals surface area (Å²) in [6.07, 6.45) is 2.29. The number of aldehydes is 1. The molecule has 0 aliphatic carbocycles. The van der Waals surface area contributed by atoms with Gasteiger partial charge in [0, 0.05) is 110 Å². The molecular formula is C110H111Cl10N11O13S5. The molecule has 14 aromatic rings. The van der Waals surface area contributed by atoms with Crippen molar-refractivity contribution in [3.8, 4) is 50.4 Å². The molecule has 0 saturated carbocycles. The maximum Gasteiger partial charge on any atom is 0.307 e. The van der Waals surface area contributed by atoms with Crippen molar-refractivity contribution in [2.45, 2.75) is 113 Å². The second-order valence-corrected chi connectivity index (χ2v) is 41.1. The van der Waals surface area contributed by atoms with E-state index in [0.717, 1.165) is 101 Å². The Balaban J connectivity index is 0.000000203. The number of rotatable bonds is 45. The highest BCUT2D eigenvalue weighted by molar-refractivity contribution is 8.04. The number of esters is 5. The van der Waals surface area contributed by atoms with Gasteiger partial charge in [-0.1, -0.05) is 326 Å². The molecule has 784 valence electrons. The van der Waals surface area contributed by atoms with Crippen LogP contribution in [0.5, 0.6) is 0 Å². The van der Waals surface area contributed by atoms with Crippen molar-refractivity contribution in [3.63, 3.8) is 0 Å². The molecule has 4 aromatic heterocycles. The topological polar surface area (TPSA) is 289 Å². The maximum atomic E-state index is 12.0. The van der Waals surface area contributed by atoms with E-state index in [9.17, 15) is 38.7 Å². The van der Waals surface area contributed by atoms with Crippen molar-refractivity contribution >= 4 is 236 Å². The number of nitriles is 1. The lowest BCUT2D eigenvalue weighted by molar-refractivity contribution is -0.143. The molecular weight excluding hydrogens is 2200 g/mol. The van der Waals surface area contributed by atoms with Crippen molar-refractivity contribution < 1.29 is 62.4 Å². The number of aliphatic hydroxyl groups is 1. The van der Waals surface area contributed by atoms with Gasteiger partial charge in [0.2, 0.25) is 0 Å². The van der Waals surface area contributed by atoms with Gasteiger partial charge in [-0.3, -0.25) is 33.6 Å². The van der Waals surface area contributed by atoms with Crippen LogP contribution < -0.4 is 24.9 Å². The van der Waals surface area contributed by atoms with Gasteiger partial charge in [-0.05, 0) is 155 Å². The monoisotopic (exact) mass is 2300 g/mol. The summed E-state index contributed by atoms with van der Waals surface area (Å²) in [5.74, 6) is -1.07. The fourth-order valence-electron chi connectivity index (χ4n) is 13.9. The first-order valence-electron chi connectivity index (χ1n) is 47.1. The fraction of sp³-hybridized carbons (Fsp3) is 0.273. The molecule has 149 heavy (non-hydrogen) atoms. The Morgan fingerprint density at radius 3 is 1.06 bits per heavy atom. The predicted octanol–water partition coefficient (Wildman–Crippen LogP) is 28.8. The van der Waals surface area contributed by atoms with Crippen LogP contribution >= 0.6 is 173 Å². The van der Waals surface area contributed by atoms with Crippen LogP contribution in [0.4, 0.5) is 20.5 Å². The molecule has 0 atom stereocenters. The minimum absolute atomic E-state index is 0.130. The Hall–Kier alpha value is -10.8. The molecule has 0 saturated heterocycles. The zero-order valence-corrected chi connectivity index (χ0v) is 94.3. The quantitative estimate of drug-likeness (QED) is 0.00895. The van der Waals surface area contributed by atoms with Crippen LogP contribution in [0.1, 0.15) is 124 Å². The lowest BCUT2D eigenvalue weighted by atomic mass is 10.1. The van der Waals surface area contributed by atoms with Crippen LogP contribution in [0.3, 0.4) is 0 Å². The highest BCUT2D eigenvalue weighted by Crippen LogP contribution is 2.42. The number of ketones is 1. The maximum absolute atomic E-state index is 12.0. The summed E-state index contributed by atoms with van der Waals surface area (Å²) in [4.78, 5) is 114. The summed E-state index contributed by atoms with van der Waals surface area (Å²) in [6.45, 7) is 17.3. The van der Waals surface area contributed by atoms with E-state index in [1.807, 2.05) is 201 Å². The second kappa shape index (κ2) is 66.1. The molecule has 2 N–H and O–H groups in total. The number of carbonyl (C=O) groups is 7. The zero-order valence-electron chi connectivity index (χ0n) is 82.7. The number of nitrogens with zero attached hydrogens (tertiary/aromatic N) is 10. The lowest BCUT2D eigenvalue weighted by Gasteiger charge is -2.21. The molecule has 0 spiro atoms. The number of hydrogen-bond donors (Lipinski definition) is 2. The molecule has 10 aromatic carbocycles. The van der Waals surface area contributed by atoms with Gasteiger partial charge in [0.25, 0.3) is 0 Å². The Morgan fingerprint density at radius 1 is 0.383 bits per heavy atom. The Labute approximate surface area is 939 Å². The van der Waals surface area contributed by atoms with Gasteiger partial charge in [0.1, 0.15) is 5.40 Å². The third-order valence-corrected chi connectivity index (χ3v) is 29.4. The molecule has 0 radical (unpaired) electrons. The molecule has 0 aliphatic rings. The Kier molecular flexibility index (Phi) is 54.0. The van der Waals surface area contributed by atoms with E-state index in [1.165, 1.54) is 45.6 Å². The van der Waals surface area contributed by atoms with Crippen LogP contribution in [0.15, 0.2) is 248 Å². The van der Waals surface area contributed by atoms with Gasteiger partial charge in [-0.25, -0.2) is 19.9 Å². The number of Topliss-reactive ketones (excluding diaryl/α,β-unsaturated/α-hetero) is 1. The molecule has 0 aliphatic heterocycles. The Bertz CT molecular complexity index is 6640. The van der Waals surface area contributed by atoms with Crippen molar-refractivity contribution in [1.29, 1.82) is 5.26 Å². The van der Waals surface area contributed by atoms with Crippen LogP contribution in [-0.2, 0) is 93.5 Å². The number of thioether (sulfide) groups is 1. The highest BCUT2D eigenvalue weighted by Gasteiger charge is 2.26. The summed E-state index contributed by atoms with van der Waals surface area (Å²) in [6, 6.07) is 76.3. The number of anilines is 4. The van der Waals surface area contributed by atoms with Crippen molar-refractivity contribution in [1.82, 2.24) is 30.2 Å². The molecule has 14 rings (SSSR count). The van der Waals surface area contributed by atoms with Crippen molar-refractivity contribution in [2.24, 2.45) is 0 Å². The number of thiocyanates is 1. The second-order valence-electron chi connectivity index (χ2n) is 32.3. The average Bonchev–Trinajstić information content (AvgIpc) is 1.66. The van der Waals surface area contributed by atoms with E-state index in [1.54, 1.807) is 79.8 Å². The van der Waals surface area contributed by atoms with Gasteiger partial charge >= 0.3 is 29.8 Å². The smallest absolute Gasteiger partial charge is 0.307 e. The lowest BCUT2D eigenvalue weighted by Crippen LogP contribution is -2.26. The minimum Gasteiger partial charge on any atom is -0.466 e. The van der Waals surface area contributed by atoms with Crippen LogP contribution in [-0.4, -0.2) is 157 Å². The average molecular weight is 2310 g/mol. The number of halogens is 10. The highest BCUT2D eigenvalue weighted by atomic mass is 35.5. The summed E-state index contributed by atoms with van der Waals surface area (Å²) >= 11 is 67.1. The first-order valence-corrected chi connectivity index (χ1v) is 55.2. The third kappa shape index (κ3) is 41.7. The Morgan fingerprint density at radius 2 is 0.705 bits per heavy atom. The van der Waals surface area contributed by atoms with E-state index in [4.69, 9.17) is 165 Å². The largest absolute Gasteiger partial charge is 0.466 e. The molecule has 0 bridgehead atoms. The number of nitrogens with one attached hydrogen (secondary N) is 1. The number of ether oxygens (including phenoxy) is 5. The molecule has 39 heteroatoms. The first-order chi connectivity index (χ1) is 71.9. The summed E-state index contributed by atoms with van der Waals surface area (Å²) in [5.41, 5.74) is 12.4. The normalized spacial score (nSPS) is 10.6. The predicted molar refractivity (Wildman–Crippen MR) is 612 cm³/mol. The van der Waals surface area contributed by atoms with Crippen molar-refractivity contribution in [2.75, 3.05) is 105 Å². The van der Waals surface area contributed by atoms with E-state index < -0.39 is 0 Å². The van der Waals surface area contributed by atoms with Gasteiger partial charge < -0.3 is 58.6 Å². The third-order valence-electron chi connectivity index (χ3n) is 21.0. The van der Waals surface area contributed by atoms with Crippen molar-refractivity contribution in [3.05, 3.63) is 346 Å². The summed E-state index contributed by atoms with van der Waals surface area (Å²) in [5, 5.41) is 32.7. The van der Waals surface area contributed by atoms with E-state index in [-0.39, 0.29) is 60.8 Å².